The Morgan fingerprint density at radius 1 is 1.06 bits per heavy atom. The van der Waals surface area contributed by atoms with E-state index in [1.165, 1.54) is 17.7 Å². The van der Waals surface area contributed by atoms with Gasteiger partial charge in [0.2, 0.25) is 0 Å². The molecule has 182 valence electrons. The molecule has 2 aromatic carbocycles. The molecule has 0 saturated carbocycles. The highest BCUT2D eigenvalue weighted by molar-refractivity contribution is 5.94. The lowest BCUT2D eigenvalue weighted by Gasteiger charge is -2.35. The number of nitrogens with one attached hydrogen (secondary N) is 1. The number of rotatable bonds is 7. The standard InChI is InChI=1S/C27H34FN3O3/c1-2-34-26(32)22-5-3-6-24(18-22)29-27(33)31-14-4-7-25(31)19-30-15-12-21(13-16-30)17-20-8-10-23(28)11-9-20/h3,5-6,8-11,18,21,25H,2,4,7,12-17,19H2,1H3,(H,29,33). The third-order valence-corrected chi connectivity index (χ3v) is 6.88. The molecule has 0 aromatic heterocycles. The van der Waals surface area contributed by atoms with Crippen LogP contribution >= 0.6 is 0 Å². The number of anilines is 1. The van der Waals surface area contributed by atoms with Crippen molar-refractivity contribution < 1.29 is 18.7 Å². The number of piperidine rings is 1. The lowest BCUT2D eigenvalue weighted by molar-refractivity contribution is 0.0526. The number of carbonyl (C=O) groups is 2. The molecule has 2 aromatic rings. The number of esters is 1. The normalized spacial score (nSPS) is 19.2. The van der Waals surface area contributed by atoms with E-state index < -0.39 is 0 Å². The molecule has 2 saturated heterocycles. The summed E-state index contributed by atoms with van der Waals surface area (Å²) in [7, 11) is 0. The number of carbonyl (C=O) groups excluding carboxylic acids is 2. The summed E-state index contributed by atoms with van der Waals surface area (Å²) in [6.07, 6.45) is 5.25. The molecule has 2 amide bonds. The second-order valence-corrected chi connectivity index (χ2v) is 9.30. The van der Waals surface area contributed by atoms with Gasteiger partial charge < -0.3 is 19.9 Å². The van der Waals surface area contributed by atoms with E-state index in [1.807, 2.05) is 17.0 Å². The minimum Gasteiger partial charge on any atom is -0.462 e. The van der Waals surface area contributed by atoms with Crippen LogP contribution in [-0.2, 0) is 11.2 Å². The minimum atomic E-state index is -0.388. The maximum atomic E-state index is 13.1. The Morgan fingerprint density at radius 2 is 1.82 bits per heavy atom. The number of ether oxygens (including phenoxy) is 1. The van der Waals surface area contributed by atoms with Crippen molar-refractivity contribution in [3.8, 4) is 0 Å². The molecule has 4 rings (SSSR count). The molecule has 1 atom stereocenters. The highest BCUT2D eigenvalue weighted by Crippen LogP contribution is 2.25. The molecule has 0 spiro atoms. The highest BCUT2D eigenvalue weighted by atomic mass is 19.1. The summed E-state index contributed by atoms with van der Waals surface area (Å²) in [4.78, 5) is 29.4. The van der Waals surface area contributed by atoms with Crippen LogP contribution < -0.4 is 5.32 Å². The average Bonchev–Trinajstić information content (AvgIpc) is 3.30. The first-order chi connectivity index (χ1) is 16.5. The van der Waals surface area contributed by atoms with Crippen molar-refractivity contribution in [2.75, 3.05) is 38.1 Å². The molecule has 34 heavy (non-hydrogen) atoms. The molecule has 0 radical (unpaired) electrons. The number of hydrogen-bond acceptors (Lipinski definition) is 4. The monoisotopic (exact) mass is 467 g/mol. The Labute approximate surface area is 201 Å². The zero-order chi connectivity index (χ0) is 23.9. The van der Waals surface area contributed by atoms with E-state index >= 15 is 0 Å². The molecule has 0 aliphatic carbocycles. The molecule has 2 aliphatic heterocycles. The second kappa shape index (κ2) is 11.5. The lowest BCUT2D eigenvalue weighted by Crippen LogP contribution is -2.47. The predicted octanol–water partition coefficient (Wildman–Crippen LogP) is 4.95. The van der Waals surface area contributed by atoms with Crippen LogP contribution in [0.5, 0.6) is 0 Å². The first-order valence-corrected chi connectivity index (χ1v) is 12.3. The predicted molar refractivity (Wildman–Crippen MR) is 130 cm³/mol. The SMILES string of the molecule is CCOC(=O)c1cccc(NC(=O)N2CCCC2CN2CCC(Cc3ccc(F)cc3)CC2)c1. The molecule has 6 nitrogen and oxygen atoms in total. The van der Waals surface area contributed by atoms with Gasteiger partial charge in [-0.25, -0.2) is 14.0 Å². The number of nitrogens with zero attached hydrogens (tertiary/aromatic N) is 2. The molecule has 1 unspecified atom stereocenters. The van der Waals surface area contributed by atoms with E-state index in [0.717, 1.165) is 58.3 Å². The minimum absolute atomic E-state index is 0.116. The number of hydrogen-bond donors (Lipinski definition) is 1. The van der Waals surface area contributed by atoms with Crippen LogP contribution in [0.3, 0.4) is 0 Å². The van der Waals surface area contributed by atoms with E-state index in [0.29, 0.717) is 23.8 Å². The van der Waals surface area contributed by atoms with Crippen molar-refractivity contribution in [1.82, 2.24) is 9.80 Å². The van der Waals surface area contributed by atoms with Crippen LogP contribution in [0.1, 0.15) is 48.5 Å². The maximum Gasteiger partial charge on any atom is 0.338 e. The third-order valence-electron chi connectivity index (χ3n) is 6.88. The fraction of sp³-hybridized carbons (Fsp3) is 0.481. The van der Waals surface area contributed by atoms with Crippen LogP contribution in [0.15, 0.2) is 48.5 Å². The van der Waals surface area contributed by atoms with Gasteiger partial charge in [-0.1, -0.05) is 18.2 Å². The summed E-state index contributed by atoms with van der Waals surface area (Å²) in [6.45, 7) is 5.77. The molecule has 7 heteroatoms. The fourth-order valence-corrected chi connectivity index (χ4v) is 5.05. The quantitative estimate of drug-likeness (QED) is 0.585. The fourth-order valence-electron chi connectivity index (χ4n) is 5.05. The van der Waals surface area contributed by atoms with Gasteiger partial charge in [0.05, 0.1) is 12.2 Å². The van der Waals surface area contributed by atoms with Gasteiger partial charge in [0.15, 0.2) is 0 Å². The van der Waals surface area contributed by atoms with Gasteiger partial charge in [-0.3, -0.25) is 0 Å². The number of likely N-dealkylation sites (tertiary alicyclic amines) is 2. The Balaban J connectivity index is 1.27. The van der Waals surface area contributed by atoms with Crippen LogP contribution in [0.4, 0.5) is 14.9 Å². The van der Waals surface area contributed by atoms with Crippen LogP contribution in [-0.4, -0.2) is 60.6 Å². The van der Waals surface area contributed by atoms with Gasteiger partial charge in [-0.05, 0) is 93.9 Å². The Kier molecular flexibility index (Phi) is 8.16. The van der Waals surface area contributed by atoms with Crippen LogP contribution in [0.2, 0.25) is 0 Å². The van der Waals surface area contributed by atoms with Gasteiger partial charge in [0.25, 0.3) is 0 Å². The Bertz CT molecular complexity index is 973. The smallest absolute Gasteiger partial charge is 0.338 e. The molecule has 1 N–H and O–H groups in total. The zero-order valence-corrected chi connectivity index (χ0v) is 19.8. The second-order valence-electron chi connectivity index (χ2n) is 9.30. The van der Waals surface area contributed by atoms with Crippen molar-refractivity contribution >= 4 is 17.7 Å². The Hall–Kier alpha value is -2.93. The number of benzene rings is 2. The third kappa shape index (κ3) is 6.35. The zero-order valence-electron chi connectivity index (χ0n) is 19.8. The molecule has 2 heterocycles. The van der Waals surface area contributed by atoms with Crippen molar-refractivity contribution in [1.29, 1.82) is 0 Å². The van der Waals surface area contributed by atoms with Crippen LogP contribution in [0, 0.1) is 11.7 Å². The summed E-state index contributed by atoms with van der Waals surface area (Å²) in [5, 5.41) is 2.96. The van der Waals surface area contributed by atoms with E-state index in [4.69, 9.17) is 4.74 Å². The van der Waals surface area contributed by atoms with Gasteiger partial charge in [0.1, 0.15) is 5.82 Å². The summed E-state index contributed by atoms with van der Waals surface area (Å²) in [5.74, 6) is 0.0484. The topological polar surface area (TPSA) is 61.9 Å². The van der Waals surface area contributed by atoms with Gasteiger partial charge >= 0.3 is 12.0 Å². The first-order valence-electron chi connectivity index (χ1n) is 12.3. The summed E-state index contributed by atoms with van der Waals surface area (Å²) < 4.78 is 18.2. The average molecular weight is 468 g/mol. The molecular formula is C27H34FN3O3. The van der Waals surface area contributed by atoms with Gasteiger partial charge in [-0.2, -0.15) is 0 Å². The maximum absolute atomic E-state index is 13.1. The van der Waals surface area contributed by atoms with E-state index in [1.54, 1.807) is 31.2 Å². The number of urea groups is 1. The molecule has 2 aliphatic rings. The van der Waals surface area contributed by atoms with E-state index in [9.17, 15) is 14.0 Å². The Morgan fingerprint density at radius 3 is 2.56 bits per heavy atom. The van der Waals surface area contributed by atoms with E-state index in [-0.39, 0.29) is 23.9 Å². The number of amides is 2. The highest BCUT2D eigenvalue weighted by Gasteiger charge is 2.31. The number of halogens is 1. The van der Waals surface area contributed by atoms with Crippen molar-refractivity contribution in [3.63, 3.8) is 0 Å². The van der Waals surface area contributed by atoms with Crippen LogP contribution in [0.25, 0.3) is 0 Å². The molecular weight excluding hydrogens is 433 g/mol. The largest absolute Gasteiger partial charge is 0.462 e. The van der Waals surface area contributed by atoms with Gasteiger partial charge in [-0.15, -0.1) is 0 Å². The van der Waals surface area contributed by atoms with Crippen molar-refractivity contribution in [2.45, 2.75) is 45.1 Å². The first kappa shape index (κ1) is 24.2. The van der Waals surface area contributed by atoms with Crippen molar-refractivity contribution in [2.24, 2.45) is 5.92 Å². The lowest BCUT2D eigenvalue weighted by atomic mass is 9.90. The summed E-state index contributed by atoms with van der Waals surface area (Å²) >= 11 is 0. The summed E-state index contributed by atoms with van der Waals surface area (Å²) in [6, 6.07) is 13.8. The van der Waals surface area contributed by atoms with E-state index in [2.05, 4.69) is 10.2 Å². The van der Waals surface area contributed by atoms with Gasteiger partial charge in [0, 0.05) is 24.8 Å². The molecule has 2 fully saturated rings. The molecule has 0 bridgehead atoms. The van der Waals surface area contributed by atoms with Crippen molar-refractivity contribution in [3.05, 3.63) is 65.5 Å². The summed E-state index contributed by atoms with van der Waals surface area (Å²) in [5.41, 5.74) is 2.23.